The first kappa shape index (κ1) is 11.9. The van der Waals surface area contributed by atoms with Gasteiger partial charge in [0.25, 0.3) is 0 Å². The molecule has 0 aromatic carbocycles. The second kappa shape index (κ2) is 4.36. The molecule has 2 rings (SSSR count). The third-order valence-electron chi connectivity index (χ3n) is 3.62. The van der Waals surface area contributed by atoms with Crippen molar-refractivity contribution in [3.63, 3.8) is 0 Å². The number of carbonyl (C=O) groups excluding carboxylic acids is 1. The second-order valence-corrected chi connectivity index (χ2v) is 6.42. The van der Waals surface area contributed by atoms with Crippen molar-refractivity contribution >= 4 is 5.91 Å². The SMILES string of the molecule is CC(C)(C)CC(=O)N1C2CCNCC1CC2. The van der Waals surface area contributed by atoms with E-state index in [1.54, 1.807) is 0 Å². The molecule has 2 aliphatic rings. The molecule has 0 aliphatic carbocycles. The average molecular weight is 224 g/mol. The number of rotatable bonds is 1. The number of nitrogens with one attached hydrogen (secondary N) is 1. The van der Waals surface area contributed by atoms with Crippen molar-refractivity contribution in [2.45, 2.75) is 58.5 Å². The Bertz CT molecular complexity index is 256. The van der Waals surface area contributed by atoms with E-state index in [0.29, 0.717) is 24.4 Å². The summed E-state index contributed by atoms with van der Waals surface area (Å²) in [7, 11) is 0. The van der Waals surface area contributed by atoms with Gasteiger partial charge in [-0.1, -0.05) is 20.8 Å². The van der Waals surface area contributed by atoms with Crippen LogP contribution in [0.3, 0.4) is 0 Å². The van der Waals surface area contributed by atoms with Crippen molar-refractivity contribution in [3.05, 3.63) is 0 Å². The van der Waals surface area contributed by atoms with Crippen LogP contribution in [0.4, 0.5) is 0 Å². The van der Waals surface area contributed by atoms with Gasteiger partial charge in [0.1, 0.15) is 0 Å². The van der Waals surface area contributed by atoms with E-state index in [9.17, 15) is 4.79 Å². The number of nitrogens with zero attached hydrogens (tertiary/aromatic N) is 1. The van der Waals surface area contributed by atoms with Gasteiger partial charge in [0.15, 0.2) is 0 Å². The van der Waals surface area contributed by atoms with E-state index >= 15 is 0 Å². The van der Waals surface area contributed by atoms with E-state index in [-0.39, 0.29) is 5.41 Å². The Morgan fingerprint density at radius 2 is 1.94 bits per heavy atom. The lowest BCUT2D eigenvalue weighted by atomic mass is 9.91. The van der Waals surface area contributed by atoms with Gasteiger partial charge in [0, 0.05) is 25.0 Å². The van der Waals surface area contributed by atoms with E-state index in [1.807, 2.05) is 0 Å². The highest BCUT2D eigenvalue weighted by atomic mass is 16.2. The summed E-state index contributed by atoms with van der Waals surface area (Å²) in [5.74, 6) is 0.365. The molecule has 1 N–H and O–H groups in total. The molecule has 2 bridgehead atoms. The summed E-state index contributed by atoms with van der Waals surface area (Å²) in [6.45, 7) is 8.49. The van der Waals surface area contributed by atoms with Crippen molar-refractivity contribution in [1.82, 2.24) is 10.2 Å². The van der Waals surface area contributed by atoms with Gasteiger partial charge in [0.2, 0.25) is 5.91 Å². The van der Waals surface area contributed by atoms with Gasteiger partial charge >= 0.3 is 0 Å². The largest absolute Gasteiger partial charge is 0.335 e. The van der Waals surface area contributed by atoms with Crippen LogP contribution >= 0.6 is 0 Å². The minimum atomic E-state index is 0.107. The van der Waals surface area contributed by atoms with Crippen LogP contribution < -0.4 is 5.32 Å². The smallest absolute Gasteiger partial charge is 0.223 e. The van der Waals surface area contributed by atoms with Crippen molar-refractivity contribution in [2.24, 2.45) is 5.41 Å². The fourth-order valence-corrected chi connectivity index (χ4v) is 2.93. The summed E-state index contributed by atoms with van der Waals surface area (Å²) in [5, 5.41) is 3.43. The molecule has 2 aliphatic heterocycles. The monoisotopic (exact) mass is 224 g/mol. The molecule has 1 amide bonds. The van der Waals surface area contributed by atoms with Crippen molar-refractivity contribution in [1.29, 1.82) is 0 Å². The Hall–Kier alpha value is -0.570. The van der Waals surface area contributed by atoms with E-state index in [1.165, 1.54) is 12.8 Å². The molecule has 92 valence electrons. The molecule has 2 saturated heterocycles. The zero-order valence-electron chi connectivity index (χ0n) is 10.8. The van der Waals surface area contributed by atoms with E-state index in [4.69, 9.17) is 0 Å². The Morgan fingerprint density at radius 1 is 1.25 bits per heavy atom. The Morgan fingerprint density at radius 3 is 2.62 bits per heavy atom. The van der Waals surface area contributed by atoms with E-state index in [0.717, 1.165) is 19.5 Å². The van der Waals surface area contributed by atoms with Gasteiger partial charge in [-0.25, -0.2) is 0 Å². The van der Waals surface area contributed by atoms with Gasteiger partial charge < -0.3 is 10.2 Å². The molecule has 2 fully saturated rings. The highest BCUT2D eigenvalue weighted by Gasteiger charge is 2.38. The summed E-state index contributed by atoms with van der Waals surface area (Å²) in [4.78, 5) is 14.5. The fourth-order valence-electron chi connectivity index (χ4n) is 2.93. The maximum atomic E-state index is 12.3. The lowest BCUT2D eigenvalue weighted by molar-refractivity contribution is -0.135. The van der Waals surface area contributed by atoms with Crippen molar-refractivity contribution in [3.8, 4) is 0 Å². The molecule has 16 heavy (non-hydrogen) atoms. The topological polar surface area (TPSA) is 32.3 Å². The minimum absolute atomic E-state index is 0.107. The molecule has 2 atom stereocenters. The van der Waals surface area contributed by atoms with Crippen LogP contribution in [0, 0.1) is 5.41 Å². The average Bonchev–Trinajstić information content (AvgIpc) is 2.36. The number of amides is 1. The number of hydrogen-bond donors (Lipinski definition) is 1. The first-order chi connectivity index (χ1) is 7.47. The normalized spacial score (nSPS) is 30.3. The highest BCUT2D eigenvalue weighted by Crippen LogP contribution is 2.31. The van der Waals surface area contributed by atoms with Gasteiger partial charge in [-0.05, 0) is 31.2 Å². The lowest BCUT2D eigenvalue weighted by Gasteiger charge is -2.30. The zero-order chi connectivity index (χ0) is 11.8. The molecule has 3 nitrogen and oxygen atoms in total. The Balaban J connectivity index is 2.05. The van der Waals surface area contributed by atoms with Gasteiger partial charge in [-0.3, -0.25) is 4.79 Å². The summed E-state index contributed by atoms with van der Waals surface area (Å²) in [6.07, 6.45) is 4.21. The summed E-state index contributed by atoms with van der Waals surface area (Å²) in [5.41, 5.74) is 0.107. The molecular formula is C13H24N2O. The number of fused-ring (bicyclic) bond motifs is 2. The van der Waals surface area contributed by atoms with Crippen molar-refractivity contribution < 1.29 is 4.79 Å². The third kappa shape index (κ3) is 2.57. The maximum Gasteiger partial charge on any atom is 0.223 e. The number of carbonyl (C=O) groups is 1. The van der Waals surface area contributed by atoms with Gasteiger partial charge in [-0.15, -0.1) is 0 Å². The van der Waals surface area contributed by atoms with Gasteiger partial charge in [0.05, 0.1) is 0 Å². The lowest BCUT2D eigenvalue weighted by Crippen LogP contribution is -2.43. The molecule has 0 spiro atoms. The zero-order valence-corrected chi connectivity index (χ0v) is 10.8. The van der Waals surface area contributed by atoms with Crippen LogP contribution in [0.1, 0.15) is 46.5 Å². The molecular weight excluding hydrogens is 200 g/mol. The van der Waals surface area contributed by atoms with Gasteiger partial charge in [-0.2, -0.15) is 0 Å². The van der Waals surface area contributed by atoms with Crippen LogP contribution in [0.2, 0.25) is 0 Å². The summed E-state index contributed by atoms with van der Waals surface area (Å²) in [6, 6.07) is 0.970. The summed E-state index contributed by atoms with van der Waals surface area (Å²) >= 11 is 0. The molecule has 2 unspecified atom stereocenters. The van der Waals surface area contributed by atoms with E-state index < -0.39 is 0 Å². The van der Waals surface area contributed by atoms with Crippen LogP contribution in [-0.2, 0) is 4.79 Å². The van der Waals surface area contributed by atoms with Crippen LogP contribution in [0.15, 0.2) is 0 Å². The number of hydrogen-bond acceptors (Lipinski definition) is 2. The Labute approximate surface area is 98.6 Å². The maximum absolute atomic E-state index is 12.3. The van der Waals surface area contributed by atoms with Crippen LogP contribution in [0.25, 0.3) is 0 Å². The Kier molecular flexibility index (Phi) is 3.24. The minimum Gasteiger partial charge on any atom is -0.335 e. The third-order valence-corrected chi connectivity index (χ3v) is 3.62. The quantitative estimate of drug-likeness (QED) is 0.736. The highest BCUT2D eigenvalue weighted by molar-refractivity contribution is 5.78. The second-order valence-electron chi connectivity index (χ2n) is 6.42. The molecule has 3 heteroatoms. The van der Waals surface area contributed by atoms with Crippen LogP contribution in [0.5, 0.6) is 0 Å². The molecule has 0 aromatic rings. The van der Waals surface area contributed by atoms with E-state index in [2.05, 4.69) is 31.0 Å². The standard InChI is InChI=1S/C13H24N2O/c1-13(2,3)8-12(16)15-10-4-5-11(15)9-14-7-6-10/h10-11,14H,4-9H2,1-3H3. The molecule has 2 heterocycles. The summed E-state index contributed by atoms with van der Waals surface area (Å²) < 4.78 is 0. The van der Waals surface area contributed by atoms with Crippen molar-refractivity contribution in [2.75, 3.05) is 13.1 Å². The first-order valence-electron chi connectivity index (χ1n) is 6.49. The molecule has 0 aromatic heterocycles. The predicted octanol–water partition coefficient (Wildman–Crippen LogP) is 1.78. The van der Waals surface area contributed by atoms with Crippen LogP contribution in [-0.4, -0.2) is 36.0 Å². The predicted molar refractivity (Wildman–Crippen MR) is 65.2 cm³/mol. The molecule has 0 radical (unpaired) electrons. The molecule has 0 saturated carbocycles. The first-order valence-corrected chi connectivity index (χ1v) is 6.49. The fraction of sp³-hybridized carbons (Fsp3) is 0.923.